The molecular formula is C24H22N2O. The quantitative estimate of drug-likeness (QED) is 0.527. The van der Waals surface area contributed by atoms with Crippen LogP contribution in [0.1, 0.15) is 22.9 Å². The molecule has 0 aliphatic heterocycles. The highest BCUT2D eigenvalue weighted by molar-refractivity contribution is 5.87. The lowest BCUT2D eigenvalue weighted by Gasteiger charge is -2.18. The zero-order valence-electron chi connectivity index (χ0n) is 15.1. The lowest BCUT2D eigenvalue weighted by atomic mass is 9.96. The number of fused-ring (bicyclic) bond motifs is 1. The molecule has 0 fully saturated rings. The van der Waals surface area contributed by atoms with Crippen molar-refractivity contribution in [2.45, 2.75) is 19.1 Å². The van der Waals surface area contributed by atoms with Crippen molar-refractivity contribution >= 4 is 10.8 Å². The van der Waals surface area contributed by atoms with Gasteiger partial charge in [0.1, 0.15) is 12.4 Å². The average Bonchev–Trinajstić information content (AvgIpc) is 2.74. The monoisotopic (exact) mass is 354 g/mol. The van der Waals surface area contributed by atoms with Gasteiger partial charge in [-0.1, -0.05) is 66.7 Å². The zero-order chi connectivity index (χ0) is 18.5. The molecule has 0 radical (unpaired) electrons. The van der Waals surface area contributed by atoms with Crippen molar-refractivity contribution in [2.24, 2.45) is 5.73 Å². The van der Waals surface area contributed by atoms with Gasteiger partial charge in [0.25, 0.3) is 0 Å². The van der Waals surface area contributed by atoms with Crippen LogP contribution in [0.4, 0.5) is 0 Å². The summed E-state index contributed by atoms with van der Waals surface area (Å²) in [6.45, 7) is 0.533. The maximum Gasteiger partial charge on any atom is 0.123 e. The molecule has 4 aromatic rings. The lowest BCUT2D eigenvalue weighted by molar-refractivity contribution is 0.303. The average molecular weight is 354 g/mol. The Morgan fingerprint density at radius 2 is 1.59 bits per heavy atom. The minimum atomic E-state index is -0.184. The van der Waals surface area contributed by atoms with Crippen molar-refractivity contribution in [1.29, 1.82) is 0 Å². The minimum absolute atomic E-state index is 0.184. The summed E-state index contributed by atoms with van der Waals surface area (Å²) in [5, 5.41) is 2.36. The van der Waals surface area contributed by atoms with Gasteiger partial charge >= 0.3 is 0 Å². The number of hydrogen-bond donors (Lipinski definition) is 1. The first kappa shape index (κ1) is 17.3. The molecule has 1 unspecified atom stereocenters. The molecule has 1 atom stereocenters. The molecule has 2 N–H and O–H groups in total. The predicted octanol–water partition coefficient (Wildman–Crippen LogP) is 5.06. The van der Waals surface area contributed by atoms with E-state index in [4.69, 9.17) is 10.5 Å². The van der Waals surface area contributed by atoms with Gasteiger partial charge in [-0.05, 0) is 41.0 Å². The third-order valence-corrected chi connectivity index (χ3v) is 4.73. The Labute approximate surface area is 159 Å². The second-order valence-corrected chi connectivity index (χ2v) is 6.60. The Morgan fingerprint density at radius 3 is 2.41 bits per heavy atom. The van der Waals surface area contributed by atoms with E-state index in [-0.39, 0.29) is 6.04 Å². The Bertz CT molecular complexity index is 1020. The Hall–Kier alpha value is -3.17. The second kappa shape index (κ2) is 8.02. The normalized spacial score (nSPS) is 12.0. The zero-order valence-corrected chi connectivity index (χ0v) is 15.1. The van der Waals surface area contributed by atoms with E-state index in [1.54, 1.807) is 6.20 Å². The molecule has 0 saturated heterocycles. The van der Waals surface area contributed by atoms with Crippen molar-refractivity contribution in [1.82, 2.24) is 4.98 Å². The molecule has 0 saturated carbocycles. The van der Waals surface area contributed by atoms with Gasteiger partial charge in [0.2, 0.25) is 0 Å². The molecule has 0 amide bonds. The minimum Gasteiger partial charge on any atom is -0.489 e. The number of hydrogen-bond acceptors (Lipinski definition) is 3. The maximum absolute atomic E-state index is 6.48. The van der Waals surface area contributed by atoms with E-state index in [0.717, 1.165) is 22.6 Å². The third kappa shape index (κ3) is 3.99. The highest BCUT2D eigenvalue weighted by Crippen LogP contribution is 2.31. The van der Waals surface area contributed by atoms with E-state index in [0.29, 0.717) is 13.0 Å². The van der Waals surface area contributed by atoms with Crippen LogP contribution >= 0.6 is 0 Å². The highest BCUT2D eigenvalue weighted by Gasteiger charge is 2.15. The van der Waals surface area contributed by atoms with Gasteiger partial charge in [-0.25, -0.2) is 0 Å². The van der Waals surface area contributed by atoms with Crippen LogP contribution in [0.25, 0.3) is 10.8 Å². The largest absolute Gasteiger partial charge is 0.489 e. The third-order valence-electron chi connectivity index (χ3n) is 4.73. The number of nitrogens with zero attached hydrogens (tertiary/aromatic N) is 1. The summed E-state index contributed by atoms with van der Waals surface area (Å²) in [7, 11) is 0. The fourth-order valence-electron chi connectivity index (χ4n) is 3.32. The topological polar surface area (TPSA) is 48.1 Å². The Morgan fingerprint density at radius 1 is 0.815 bits per heavy atom. The maximum atomic E-state index is 6.48. The molecule has 1 heterocycles. The van der Waals surface area contributed by atoms with Gasteiger partial charge in [0.05, 0.1) is 11.7 Å². The first-order valence-electron chi connectivity index (χ1n) is 9.15. The van der Waals surface area contributed by atoms with Gasteiger partial charge in [-0.3, -0.25) is 4.98 Å². The van der Waals surface area contributed by atoms with Crippen molar-refractivity contribution < 1.29 is 4.74 Å². The van der Waals surface area contributed by atoms with E-state index in [2.05, 4.69) is 47.4 Å². The second-order valence-electron chi connectivity index (χ2n) is 6.60. The molecule has 4 rings (SSSR count). The van der Waals surface area contributed by atoms with E-state index in [1.807, 2.05) is 42.5 Å². The van der Waals surface area contributed by atoms with E-state index < -0.39 is 0 Å². The summed E-state index contributed by atoms with van der Waals surface area (Å²) in [5.74, 6) is 0.879. The van der Waals surface area contributed by atoms with Crippen molar-refractivity contribution in [3.8, 4) is 5.75 Å². The van der Waals surface area contributed by atoms with Gasteiger partial charge in [0, 0.05) is 11.8 Å². The first-order valence-corrected chi connectivity index (χ1v) is 9.15. The van der Waals surface area contributed by atoms with Gasteiger partial charge < -0.3 is 10.5 Å². The van der Waals surface area contributed by atoms with Crippen LogP contribution in [0.5, 0.6) is 5.75 Å². The Kier molecular flexibility index (Phi) is 5.13. The van der Waals surface area contributed by atoms with Crippen LogP contribution in [0, 0.1) is 0 Å². The van der Waals surface area contributed by atoms with E-state index in [9.17, 15) is 0 Å². The molecule has 0 aliphatic carbocycles. The van der Waals surface area contributed by atoms with Crippen molar-refractivity contribution in [3.63, 3.8) is 0 Å². The number of aromatic nitrogens is 1. The van der Waals surface area contributed by atoms with E-state index in [1.165, 1.54) is 10.8 Å². The van der Waals surface area contributed by atoms with Gasteiger partial charge in [-0.2, -0.15) is 0 Å². The number of benzene rings is 3. The summed E-state index contributed by atoms with van der Waals surface area (Å²) in [6.07, 6.45) is 2.45. The molecule has 3 heteroatoms. The molecular weight excluding hydrogens is 332 g/mol. The van der Waals surface area contributed by atoms with Crippen LogP contribution in [0.2, 0.25) is 0 Å². The molecule has 134 valence electrons. The molecule has 1 aromatic heterocycles. The number of rotatable bonds is 6. The standard InChI is InChI=1S/C24H22N2O/c25-22(23-12-6-7-15-26-23)16-21-20-11-5-4-10-19(20)13-14-24(21)27-17-18-8-2-1-3-9-18/h1-15,22H,16-17,25H2. The van der Waals surface area contributed by atoms with Crippen molar-refractivity contribution in [2.75, 3.05) is 0 Å². The molecule has 27 heavy (non-hydrogen) atoms. The van der Waals surface area contributed by atoms with Crippen LogP contribution in [-0.4, -0.2) is 4.98 Å². The SMILES string of the molecule is NC(Cc1c(OCc2ccccc2)ccc2ccccc12)c1ccccn1. The predicted molar refractivity (Wildman–Crippen MR) is 110 cm³/mol. The van der Waals surface area contributed by atoms with Crippen LogP contribution in [0.3, 0.4) is 0 Å². The number of ether oxygens (including phenoxy) is 1. The first-order chi connectivity index (χ1) is 13.3. The molecule has 3 aromatic carbocycles. The van der Waals surface area contributed by atoms with Crippen molar-refractivity contribution in [3.05, 3.63) is 108 Å². The fraction of sp³-hybridized carbons (Fsp3) is 0.125. The smallest absolute Gasteiger partial charge is 0.123 e. The summed E-state index contributed by atoms with van der Waals surface area (Å²) in [5.41, 5.74) is 9.64. The molecule has 0 spiro atoms. The van der Waals surface area contributed by atoms with Crippen LogP contribution in [-0.2, 0) is 13.0 Å². The van der Waals surface area contributed by atoms with Gasteiger partial charge in [0.15, 0.2) is 0 Å². The summed E-state index contributed by atoms with van der Waals surface area (Å²) in [4.78, 5) is 4.41. The summed E-state index contributed by atoms with van der Waals surface area (Å²) < 4.78 is 6.19. The molecule has 0 bridgehead atoms. The van der Waals surface area contributed by atoms with Gasteiger partial charge in [-0.15, -0.1) is 0 Å². The number of pyridine rings is 1. The van der Waals surface area contributed by atoms with Crippen LogP contribution < -0.4 is 10.5 Å². The highest BCUT2D eigenvalue weighted by atomic mass is 16.5. The fourth-order valence-corrected chi connectivity index (χ4v) is 3.32. The Balaban J connectivity index is 1.67. The molecule has 0 aliphatic rings. The number of nitrogens with two attached hydrogens (primary N) is 1. The van der Waals surface area contributed by atoms with Crippen LogP contribution in [0.15, 0.2) is 91.1 Å². The summed E-state index contributed by atoms with van der Waals surface area (Å²) >= 11 is 0. The summed E-state index contributed by atoms with van der Waals surface area (Å²) in [6, 6.07) is 28.4. The molecule has 3 nitrogen and oxygen atoms in total. The van der Waals surface area contributed by atoms with E-state index >= 15 is 0 Å². The lowest BCUT2D eigenvalue weighted by Crippen LogP contribution is -2.15.